The van der Waals surface area contributed by atoms with Crippen molar-refractivity contribution in [3.8, 4) is 0 Å². The van der Waals surface area contributed by atoms with Crippen molar-refractivity contribution >= 4 is 0 Å². The van der Waals surface area contributed by atoms with Gasteiger partial charge < -0.3 is 23.7 Å². The van der Waals surface area contributed by atoms with Crippen LogP contribution in [0.5, 0.6) is 0 Å². The SMILES string of the molecule is [C-]#N.[C-]#N.[Yb+2]. The molecule has 0 rings (SSSR count). The van der Waals surface area contributed by atoms with Gasteiger partial charge >= 0.3 is 46.9 Å². The molecule has 0 aromatic heterocycles. The van der Waals surface area contributed by atoms with Crippen LogP contribution >= 0.6 is 0 Å². The molecular weight excluding hydrogens is 225 g/mol. The van der Waals surface area contributed by atoms with Crippen LogP contribution in [0.4, 0.5) is 0 Å². The van der Waals surface area contributed by atoms with Crippen LogP contribution < -0.4 is 0 Å². The number of hydrogen-bond acceptors (Lipinski definition) is 2. The molecule has 32 valence electrons. The standard InChI is InChI=1S/2CN.Yb/c2*1-2;/q2*-1;+2. The molecule has 0 fully saturated rings. The Bertz CT molecular complexity index is 23.1. The summed E-state index contributed by atoms with van der Waals surface area (Å²) in [7, 11) is 0. The Balaban J connectivity index is -0.0000000133. The summed E-state index contributed by atoms with van der Waals surface area (Å²) in [5.41, 5.74) is 0. The summed E-state index contributed by atoms with van der Waals surface area (Å²) in [6, 6.07) is 0. The molecule has 0 saturated heterocycles. The van der Waals surface area contributed by atoms with Gasteiger partial charge in [0.05, 0.1) is 0 Å². The van der Waals surface area contributed by atoms with Gasteiger partial charge in [-0.05, 0) is 0 Å². The Labute approximate surface area is 69.6 Å². The smallest absolute Gasteiger partial charge is 0.512 e. The second-order valence-corrected chi connectivity index (χ2v) is 0. The van der Waals surface area contributed by atoms with Crippen molar-refractivity contribution < 1.29 is 46.9 Å². The van der Waals surface area contributed by atoms with Crippen LogP contribution in [-0.2, 0) is 0 Å². The largest absolute Gasteiger partial charge is 2.00 e. The Hall–Kier alpha value is 0.499. The predicted molar refractivity (Wildman–Crippen MR) is 9.94 cm³/mol. The Morgan fingerprint density at radius 1 is 0.800 bits per heavy atom. The van der Waals surface area contributed by atoms with E-state index in [0.717, 1.165) is 0 Å². The second-order valence-electron chi connectivity index (χ2n) is 0. The number of hydrogen-bond donors (Lipinski definition) is 0. The van der Waals surface area contributed by atoms with Crippen LogP contribution in [0, 0.1) is 70.6 Å². The molecule has 0 heterocycles. The zero-order valence-electron chi connectivity index (χ0n) is 2.16. The fourth-order valence-corrected chi connectivity index (χ4v) is 0. The molecule has 0 aliphatic heterocycles. The van der Waals surface area contributed by atoms with Crippen molar-refractivity contribution in [3.63, 3.8) is 0 Å². The van der Waals surface area contributed by atoms with E-state index in [0.29, 0.717) is 0 Å². The molecule has 0 bridgehead atoms. The predicted octanol–water partition coefficient (Wildman–Crippen LogP) is 0.193. The fraction of sp³-hybridized carbons (Fsp3) is 0. The maximum Gasteiger partial charge on any atom is 2.00 e. The van der Waals surface area contributed by atoms with E-state index in [4.69, 9.17) is 23.7 Å². The molecule has 0 N–H and O–H groups in total. The summed E-state index contributed by atoms with van der Waals surface area (Å²) in [5, 5.41) is 12.5. The molecule has 0 atom stereocenters. The van der Waals surface area contributed by atoms with E-state index in [1.165, 1.54) is 0 Å². The Morgan fingerprint density at radius 3 is 0.800 bits per heavy atom. The van der Waals surface area contributed by atoms with Gasteiger partial charge in [0.1, 0.15) is 0 Å². The van der Waals surface area contributed by atoms with Crippen molar-refractivity contribution in [2.75, 3.05) is 0 Å². The number of rotatable bonds is 0. The molecule has 0 aromatic rings. The van der Waals surface area contributed by atoms with E-state index in [9.17, 15) is 0 Å². The summed E-state index contributed by atoms with van der Waals surface area (Å²) in [5.74, 6) is 0. The minimum absolute atomic E-state index is 0. The molecule has 0 amide bonds. The van der Waals surface area contributed by atoms with Crippen LogP contribution in [0.25, 0.3) is 0 Å². The van der Waals surface area contributed by atoms with Crippen molar-refractivity contribution in [2.24, 2.45) is 0 Å². The average Bonchev–Trinajstić information content (AvgIpc) is 1.50. The van der Waals surface area contributed by atoms with Crippen LogP contribution in [0.3, 0.4) is 0 Å². The fourth-order valence-electron chi connectivity index (χ4n) is 0. The molecule has 0 unspecified atom stereocenters. The normalized spacial score (nSPS) is 0.800. The first-order chi connectivity index (χ1) is 2.00. The first-order valence-electron chi connectivity index (χ1n) is 0.447. The molecule has 5 heavy (non-hydrogen) atoms. The second kappa shape index (κ2) is 221. The maximum atomic E-state index is 6.25. The van der Waals surface area contributed by atoms with Gasteiger partial charge in [-0.3, -0.25) is 0 Å². The number of nitrogens with zero attached hydrogens (tertiary/aromatic N) is 2. The Morgan fingerprint density at radius 2 is 0.800 bits per heavy atom. The van der Waals surface area contributed by atoms with Crippen molar-refractivity contribution in [3.05, 3.63) is 13.1 Å². The summed E-state index contributed by atoms with van der Waals surface area (Å²) in [6.07, 6.45) is 0. The van der Waals surface area contributed by atoms with Gasteiger partial charge in [0.25, 0.3) is 0 Å². The van der Waals surface area contributed by atoms with Gasteiger partial charge in [-0.1, -0.05) is 0 Å². The quantitative estimate of drug-likeness (QED) is 0.552. The third-order valence-electron chi connectivity index (χ3n) is 0. The van der Waals surface area contributed by atoms with Gasteiger partial charge in [-0.15, -0.1) is 0 Å². The maximum absolute atomic E-state index is 6.25. The van der Waals surface area contributed by atoms with E-state index >= 15 is 0 Å². The zero-order chi connectivity index (χ0) is 4.00. The average molecular weight is 225 g/mol. The van der Waals surface area contributed by atoms with Gasteiger partial charge in [0, 0.05) is 0 Å². The van der Waals surface area contributed by atoms with Crippen LogP contribution in [-0.4, -0.2) is 0 Å². The van der Waals surface area contributed by atoms with E-state index in [1.54, 1.807) is 0 Å². The van der Waals surface area contributed by atoms with Gasteiger partial charge in [-0.25, -0.2) is 0 Å². The molecule has 0 saturated carbocycles. The summed E-state index contributed by atoms with van der Waals surface area (Å²) < 4.78 is 0. The van der Waals surface area contributed by atoms with E-state index in [-0.39, 0.29) is 46.9 Å². The molecule has 3 heteroatoms. The van der Waals surface area contributed by atoms with Crippen molar-refractivity contribution in [1.29, 1.82) is 10.5 Å². The summed E-state index contributed by atoms with van der Waals surface area (Å²) >= 11 is 0. The van der Waals surface area contributed by atoms with E-state index in [1.807, 2.05) is 0 Å². The van der Waals surface area contributed by atoms with Gasteiger partial charge in [0.15, 0.2) is 0 Å². The molecule has 0 aliphatic rings. The summed E-state index contributed by atoms with van der Waals surface area (Å²) in [6.45, 7) is 9.50. The topological polar surface area (TPSA) is 47.6 Å². The first kappa shape index (κ1) is 17.8. The zero-order valence-corrected chi connectivity index (χ0v) is 3.88. The van der Waals surface area contributed by atoms with Crippen LogP contribution in [0.1, 0.15) is 0 Å². The molecule has 0 aromatic carbocycles. The van der Waals surface area contributed by atoms with Gasteiger partial charge in [0.2, 0.25) is 0 Å². The monoisotopic (exact) mass is 226 g/mol. The summed E-state index contributed by atoms with van der Waals surface area (Å²) in [4.78, 5) is 0. The van der Waals surface area contributed by atoms with Gasteiger partial charge in [-0.2, -0.15) is 0 Å². The minimum atomic E-state index is 0. The van der Waals surface area contributed by atoms with Crippen LogP contribution in [0.15, 0.2) is 0 Å². The molecule has 0 aliphatic carbocycles. The third-order valence-corrected chi connectivity index (χ3v) is 0. The first-order valence-corrected chi connectivity index (χ1v) is 0.447. The molecule has 2 nitrogen and oxygen atoms in total. The van der Waals surface area contributed by atoms with Crippen LogP contribution in [0.2, 0.25) is 0 Å². The minimum Gasteiger partial charge on any atom is -0.512 e. The van der Waals surface area contributed by atoms with Crippen molar-refractivity contribution in [1.82, 2.24) is 0 Å². The molecule has 0 spiro atoms. The third kappa shape index (κ3) is 113. The Kier molecular flexibility index (Phi) is 787. The molecule has 0 radical (unpaired) electrons. The van der Waals surface area contributed by atoms with Crippen molar-refractivity contribution in [2.45, 2.75) is 0 Å². The van der Waals surface area contributed by atoms with E-state index < -0.39 is 0 Å². The van der Waals surface area contributed by atoms with E-state index in [2.05, 4.69) is 0 Å². The molecular formula is C2N2Yb.